The minimum absolute atomic E-state index is 0.110. The Labute approximate surface area is 225 Å². The van der Waals surface area contributed by atoms with E-state index in [2.05, 4.69) is 9.44 Å². The van der Waals surface area contributed by atoms with Gasteiger partial charge in [0, 0.05) is 50.3 Å². The summed E-state index contributed by atoms with van der Waals surface area (Å²) in [5, 5.41) is 1.14. The fraction of sp³-hybridized carbons (Fsp3) is 0.214. The van der Waals surface area contributed by atoms with Crippen molar-refractivity contribution in [2.24, 2.45) is 0 Å². The SMILES string of the molecule is Cc1ccc(S(=O)(=O)Nc2ccc(N(C)C)c3c(N(C)C)ccc(NS(=O)(=O)c4ccc(C)cc4)c23)cc1. The van der Waals surface area contributed by atoms with Gasteiger partial charge in [0.25, 0.3) is 20.0 Å². The molecule has 0 aliphatic rings. The van der Waals surface area contributed by atoms with Crippen molar-refractivity contribution in [2.75, 3.05) is 47.4 Å². The fourth-order valence-corrected chi connectivity index (χ4v) is 6.36. The Hall–Kier alpha value is -3.76. The van der Waals surface area contributed by atoms with E-state index in [1.165, 1.54) is 0 Å². The third kappa shape index (κ3) is 5.41. The number of rotatable bonds is 8. The number of anilines is 4. The minimum Gasteiger partial charge on any atom is -0.377 e. The van der Waals surface area contributed by atoms with Gasteiger partial charge in [-0.25, -0.2) is 16.8 Å². The molecule has 38 heavy (non-hydrogen) atoms. The molecule has 2 N–H and O–H groups in total. The van der Waals surface area contributed by atoms with Gasteiger partial charge >= 0.3 is 0 Å². The van der Waals surface area contributed by atoms with Crippen molar-refractivity contribution >= 4 is 53.6 Å². The molecule has 0 fully saturated rings. The quantitative estimate of drug-likeness (QED) is 0.312. The first-order chi connectivity index (χ1) is 17.8. The van der Waals surface area contributed by atoms with Gasteiger partial charge in [-0.15, -0.1) is 0 Å². The summed E-state index contributed by atoms with van der Waals surface area (Å²) in [6.45, 7) is 3.76. The fourth-order valence-electron chi connectivity index (χ4n) is 4.22. The lowest BCUT2D eigenvalue weighted by atomic mass is 10.0. The molecule has 0 aromatic heterocycles. The Morgan fingerprint density at radius 2 is 0.842 bits per heavy atom. The zero-order chi connectivity index (χ0) is 27.8. The first-order valence-corrected chi connectivity index (χ1v) is 14.9. The molecule has 0 unspecified atom stereocenters. The Balaban J connectivity index is 1.97. The van der Waals surface area contributed by atoms with Crippen LogP contribution in [0, 0.1) is 13.8 Å². The van der Waals surface area contributed by atoms with E-state index in [0.29, 0.717) is 10.8 Å². The number of fused-ring (bicyclic) bond motifs is 1. The van der Waals surface area contributed by atoms with E-state index in [9.17, 15) is 16.8 Å². The molecule has 0 amide bonds. The van der Waals surface area contributed by atoms with Crippen LogP contribution >= 0.6 is 0 Å². The van der Waals surface area contributed by atoms with Crippen molar-refractivity contribution in [2.45, 2.75) is 23.6 Å². The normalized spacial score (nSPS) is 11.8. The second-order valence-electron chi connectivity index (χ2n) is 9.64. The van der Waals surface area contributed by atoms with E-state index >= 15 is 0 Å². The van der Waals surface area contributed by atoms with Gasteiger partial charge < -0.3 is 9.80 Å². The van der Waals surface area contributed by atoms with Crippen LogP contribution in [0.5, 0.6) is 0 Å². The molecule has 4 rings (SSSR count). The van der Waals surface area contributed by atoms with Crippen LogP contribution in [0.25, 0.3) is 10.8 Å². The molecule has 200 valence electrons. The minimum atomic E-state index is -3.96. The maximum atomic E-state index is 13.4. The molecule has 8 nitrogen and oxygen atoms in total. The number of hydrogen-bond donors (Lipinski definition) is 2. The van der Waals surface area contributed by atoms with E-state index < -0.39 is 20.0 Å². The molecule has 4 aromatic carbocycles. The Kier molecular flexibility index (Phi) is 7.31. The third-order valence-electron chi connectivity index (χ3n) is 6.23. The predicted octanol–water partition coefficient (Wildman–Crippen LogP) is 5.19. The lowest BCUT2D eigenvalue weighted by molar-refractivity contribution is 0.599. The average Bonchev–Trinajstić information content (AvgIpc) is 2.84. The highest BCUT2D eigenvalue weighted by Crippen LogP contribution is 2.43. The average molecular weight is 553 g/mol. The summed E-state index contributed by atoms with van der Waals surface area (Å²) < 4.78 is 58.9. The smallest absolute Gasteiger partial charge is 0.261 e. The molecule has 10 heteroatoms. The van der Waals surface area contributed by atoms with Crippen molar-refractivity contribution < 1.29 is 16.8 Å². The maximum absolute atomic E-state index is 13.4. The van der Waals surface area contributed by atoms with Crippen LogP contribution in [-0.4, -0.2) is 45.0 Å². The lowest BCUT2D eigenvalue weighted by Crippen LogP contribution is -2.18. The number of sulfonamides is 2. The largest absolute Gasteiger partial charge is 0.377 e. The summed E-state index contributed by atoms with van der Waals surface area (Å²) in [6, 6.07) is 20.0. The number of benzene rings is 4. The molecule has 0 saturated heterocycles. The van der Waals surface area contributed by atoms with Gasteiger partial charge in [0.1, 0.15) is 0 Å². The highest BCUT2D eigenvalue weighted by atomic mass is 32.2. The van der Waals surface area contributed by atoms with Crippen molar-refractivity contribution in [3.05, 3.63) is 83.9 Å². The first kappa shape index (κ1) is 27.3. The van der Waals surface area contributed by atoms with Crippen LogP contribution in [0.3, 0.4) is 0 Å². The molecule has 4 aromatic rings. The Morgan fingerprint density at radius 1 is 0.500 bits per heavy atom. The van der Waals surface area contributed by atoms with E-state index in [0.717, 1.165) is 22.5 Å². The summed E-state index contributed by atoms with van der Waals surface area (Å²) >= 11 is 0. The number of nitrogens with zero attached hydrogens (tertiary/aromatic N) is 2. The van der Waals surface area contributed by atoms with E-state index in [-0.39, 0.29) is 21.2 Å². The molecule has 0 radical (unpaired) electrons. The van der Waals surface area contributed by atoms with Crippen LogP contribution in [0.1, 0.15) is 11.1 Å². The summed E-state index contributed by atoms with van der Waals surface area (Å²) in [7, 11) is -0.389. The maximum Gasteiger partial charge on any atom is 0.261 e. The van der Waals surface area contributed by atoms with Gasteiger partial charge in [-0.2, -0.15) is 0 Å². The second kappa shape index (κ2) is 10.2. The van der Waals surface area contributed by atoms with Gasteiger partial charge in [0.15, 0.2) is 0 Å². The summed E-state index contributed by atoms with van der Waals surface area (Å²) in [5.74, 6) is 0. The van der Waals surface area contributed by atoms with Crippen LogP contribution < -0.4 is 19.2 Å². The highest BCUT2D eigenvalue weighted by molar-refractivity contribution is 7.93. The van der Waals surface area contributed by atoms with Gasteiger partial charge in [-0.1, -0.05) is 35.4 Å². The number of hydrogen-bond acceptors (Lipinski definition) is 6. The molecule has 0 aliphatic heterocycles. The number of aryl methyl sites for hydroxylation is 2. The van der Waals surface area contributed by atoms with Crippen LogP contribution in [0.4, 0.5) is 22.7 Å². The van der Waals surface area contributed by atoms with E-state index in [1.807, 2.05) is 64.0 Å². The van der Waals surface area contributed by atoms with Gasteiger partial charge in [0.2, 0.25) is 0 Å². The summed E-state index contributed by atoms with van der Waals surface area (Å²) in [5.41, 5.74) is 4.01. The molecule has 0 saturated carbocycles. The monoisotopic (exact) mass is 552 g/mol. The first-order valence-electron chi connectivity index (χ1n) is 11.9. The van der Waals surface area contributed by atoms with Crippen molar-refractivity contribution in [3.63, 3.8) is 0 Å². The number of nitrogens with one attached hydrogen (secondary N) is 2. The molecule has 0 spiro atoms. The highest BCUT2D eigenvalue weighted by Gasteiger charge is 2.23. The summed E-state index contributed by atoms with van der Waals surface area (Å²) in [4.78, 5) is 4.04. The zero-order valence-corrected chi connectivity index (χ0v) is 23.9. The second-order valence-corrected chi connectivity index (χ2v) is 13.0. The molecule has 0 aliphatic carbocycles. The van der Waals surface area contributed by atoms with Gasteiger partial charge in [-0.05, 0) is 62.4 Å². The molecular formula is C28H32N4O4S2. The Morgan fingerprint density at radius 3 is 1.16 bits per heavy atom. The lowest BCUT2D eigenvalue weighted by Gasteiger charge is -2.25. The van der Waals surface area contributed by atoms with Gasteiger partial charge in [0.05, 0.1) is 21.2 Å². The zero-order valence-electron chi connectivity index (χ0n) is 22.3. The third-order valence-corrected chi connectivity index (χ3v) is 8.99. The van der Waals surface area contributed by atoms with E-state index in [4.69, 9.17) is 0 Å². The Bertz CT molecular complexity index is 1570. The summed E-state index contributed by atoms with van der Waals surface area (Å²) in [6.07, 6.45) is 0. The van der Waals surface area contributed by atoms with E-state index in [1.54, 1.807) is 60.7 Å². The molecule has 0 heterocycles. The van der Waals surface area contributed by atoms with Crippen molar-refractivity contribution in [1.29, 1.82) is 0 Å². The molecule has 0 bridgehead atoms. The molecule has 0 atom stereocenters. The van der Waals surface area contributed by atoms with Gasteiger partial charge in [-0.3, -0.25) is 9.44 Å². The van der Waals surface area contributed by atoms with Crippen LogP contribution in [-0.2, 0) is 20.0 Å². The van der Waals surface area contributed by atoms with Crippen LogP contribution in [0.15, 0.2) is 82.6 Å². The van der Waals surface area contributed by atoms with Crippen molar-refractivity contribution in [1.82, 2.24) is 0 Å². The topological polar surface area (TPSA) is 98.8 Å². The standard InChI is InChI=1S/C28H32N4O4S2/c1-19-7-11-21(12-8-19)37(33,34)29-23-15-17-25(31(3)4)28-26(32(5)6)18-16-24(27(23)28)30-38(35,36)22-13-9-20(2)10-14-22/h7-18,29-30H,1-6H3. The predicted molar refractivity (Wildman–Crippen MR) is 157 cm³/mol. The molecular weight excluding hydrogens is 520 g/mol. The van der Waals surface area contributed by atoms with Crippen molar-refractivity contribution in [3.8, 4) is 0 Å². The van der Waals surface area contributed by atoms with Crippen LogP contribution in [0.2, 0.25) is 0 Å².